The molecule has 3 nitrogen and oxygen atoms in total. The van der Waals surface area contributed by atoms with Crippen LogP contribution >= 0.6 is 0 Å². The molecule has 2 N–H and O–H groups in total. The van der Waals surface area contributed by atoms with Crippen molar-refractivity contribution in [1.82, 2.24) is 4.98 Å². The predicted octanol–water partition coefficient (Wildman–Crippen LogP) is 5.94. The minimum Gasteiger partial charge on any atom is -0.386 e. The standard InChI is InChI=1S/C14H14O.C9H12O.C5H5N/c1-14(15,12-8-4-2-5-9-12)13-10-6-3-7-11-13;1-9(2,10)8-6-4-3-5-7-8;1-2-4-6-5-3-1/h2-11,15H,1H3;3-7,10H,1-2H3;1-5H. The lowest BCUT2D eigenvalue weighted by atomic mass is 9.88. The monoisotopic (exact) mass is 413 g/mol. The summed E-state index contributed by atoms with van der Waals surface area (Å²) in [5.74, 6) is 0. The molecule has 3 heteroatoms. The summed E-state index contributed by atoms with van der Waals surface area (Å²) in [4.78, 5) is 3.78. The Morgan fingerprint density at radius 1 is 0.484 bits per heavy atom. The van der Waals surface area contributed by atoms with E-state index in [1.807, 2.05) is 116 Å². The minimum absolute atomic E-state index is 0.707. The summed E-state index contributed by atoms with van der Waals surface area (Å²) in [6, 6.07) is 34.7. The Hall–Kier alpha value is -3.27. The molecule has 3 aromatic carbocycles. The van der Waals surface area contributed by atoms with E-state index in [0.717, 1.165) is 16.7 Å². The number of benzene rings is 3. The molecule has 0 aliphatic rings. The van der Waals surface area contributed by atoms with Crippen LogP contribution in [0.15, 0.2) is 122 Å². The van der Waals surface area contributed by atoms with Crippen molar-refractivity contribution in [2.45, 2.75) is 32.0 Å². The van der Waals surface area contributed by atoms with Crippen LogP contribution < -0.4 is 0 Å². The van der Waals surface area contributed by atoms with Crippen molar-refractivity contribution in [2.24, 2.45) is 0 Å². The molecule has 160 valence electrons. The van der Waals surface area contributed by atoms with Gasteiger partial charge < -0.3 is 10.2 Å². The molecule has 31 heavy (non-hydrogen) atoms. The van der Waals surface area contributed by atoms with Crippen LogP contribution in [0.25, 0.3) is 0 Å². The Bertz CT molecular complexity index is 897. The highest BCUT2D eigenvalue weighted by atomic mass is 16.3. The zero-order valence-corrected chi connectivity index (χ0v) is 18.4. The number of aliphatic hydroxyl groups is 2. The van der Waals surface area contributed by atoms with Crippen molar-refractivity contribution >= 4 is 0 Å². The molecule has 4 aromatic rings. The fourth-order valence-electron chi connectivity index (χ4n) is 2.85. The lowest BCUT2D eigenvalue weighted by Gasteiger charge is -2.24. The number of aromatic nitrogens is 1. The normalized spacial score (nSPS) is 10.7. The Morgan fingerprint density at radius 3 is 1.03 bits per heavy atom. The molecule has 0 saturated heterocycles. The molecule has 0 bridgehead atoms. The van der Waals surface area contributed by atoms with Crippen LogP contribution in [0.2, 0.25) is 0 Å². The molecule has 0 spiro atoms. The lowest BCUT2D eigenvalue weighted by Crippen LogP contribution is -2.22. The van der Waals surface area contributed by atoms with Crippen molar-refractivity contribution in [2.75, 3.05) is 0 Å². The van der Waals surface area contributed by atoms with Crippen LogP contribution in [-0.4, -0.2) is 15.2 Å². The van der Waals surface area contributed by atoms with Crippen LogP contribution in [0.3, 0.4) is 0 Å². The maximum atomic E-state index is 10.5. The number of rotatable bonds is 3. The Labute approximate surface area is 185 Å². The molecule has 0 aliphatic heterocycles. The van der Waals surface area contributed by atoms with Gasteiger partial charge in [0, 0.05) is 12.4 Å². The van der Waals surface area contributed by atoms with Crippen molar-refractivity contribution in [3.8, 4) is 0 Å². The third-order valence-electron chi connectivity index (χ3n) is 4.72. The van der Waals surface area contributed by atoms with Gasteiger partial charge in [-0.15, -0.1) is 0 Å². The van der Waals surface area contributed by atoms with Gasteiger partial charge in [-0.25, -0.2) is 0 Å². The summed E-state index contributed by atoms with van der Waals surface area (Å²) < 4.78 is 0. The van der Waals surface area contributed by atoms with E-state index < -0.39 is 11.2 Å². The third-order valence-corrected chi connectivity index (χ3v) is 4.72. The first-order valence-electron chi connectivity index (χ1n) is 10.3. The fraction of sp³-hybridized carbons (Fsp3) is 0.179. The number of hydrogen-bond donors (Lipinski definition) is 2. The minimum atomic E-state index is -0.914. The first-order chi connectivity index (χ1) is 14.8. The van der Waals surface area contributed by atoms with Gasteiger partial charge in [-0.2, -0.15) is 0 Å². The summed E-state index contributed by atoms with van der Waals surface area (Å²) in [6.45, 7) is 5.38. The Morgan fingerprint density at radius 2 is 0.806 bits per heavy atom. The van der Waals surface area contributed by atoms with E-state index in [4.69, 9.17) is 0 Å². The first kappa shape index (κ1) is 24.0. The second-order valence-corrected chi connectivity index (χ2v) is 7.75. The topological polar surface area (TPSA) is 53.4 Å². The molecule has 0 amide bonds. The van der Waals surface area contributed by atoms with Crippen molar-refractivity contribution in [1.29, 1.82) is 0 Å². The van der Waals surface area contributed by atoms with E-state index in [-0.39, 0.29) is 0 Å². The van der Waals surface area contributed by atoms with Gasteiger partial charge in [0.1, 0.15) is 5.60 Å². The SMILES string of the molecule is CC(C)(O)c1ccccc1.CC(O)(c1ccccc1)c1ccccc1.c1ccncc1. The quantitative estimate of drug-likeness (QED) is 0.437. The maximum Gasteiger partial charge on any atom is 0.112 e. The van der Waals surface area contributed by atoms with E-state index in [0.29, 0.717) is 0 Å². The van der Waals surface area contributed by atoms with E-state index >= 15 is 0 Å². The fourth-order valence-corrected chi connectivity index (χ4v) is 2.85. The Balaban J connectivity index is 0.000000183. The maximum absolute atomic E-state index is 10.5. The summed E-state index contributed by atoms with van der Waals surface area (Å²) in [7, 11) is 0. The average molecular weight is 414 g/mol. The molecule has 1 heterocycles. The molecule has 0 fully saturated rings. The van der Waals surface area contributed by atoms with Crippen molar-refractivity contribution in [3.63, 3.8) is 0 Å². The third kappa shape index (κ3) is 8.17. The van der Waals surface area contributed by atoms with Crippen molar-refractivity contribution in [3.05, 3.63) is 138 Å². The van der Waals surface area contributed by atoms with E-state index in [9.17, 15) is 10.2 Å². The first-order valence-corrected chi connectivity index (χ1v) is 10.3. The molecule has 4 rings (SSSR count). The lowest BCUT2D eigenvalue weighted by molar-refractivity contribution is 0.0786. The van der Waals surface area contributed by atoms with Gasteiger partial charge in [0.2, 0.25) is 0 Å². The van der Waals surface area contributed by atoms with Crippen LogP contribution in [-0.2, 0) is 11.2 Å². The van der Waals surface area contributed by atoms with Crippen LogP contribution in [0.1, 0.15) is 37.5 Å². The average Bonchev–Trinajstić information content (AvgIpc) is 2.82. The van der Waals surface area contributed by atoms with Gasteiger partial charge in [-0.05, 0) is 49.6 Å². The van der Waals surface area contributed by atoms with E-state index in [2.05, 4.69) is 4.98 Å². The predicted molar refractivity (Wildman–Crippen MR) is 127 cm³/mol. The highest BCUT2D eigenvalue weighted by Gasteiger charge is 2.24. The largest absolute Gasteiger partial charge is 0.386 e. The molecule has 0 radical (unpaired) electrons. The highest BCUT2D eigenvalue weighted by molar-refractivity contribution is 5.34. The second-order valence-electron chi connectivity index (χ2n) is 7.75. The summed E-state index contributed by atoms with van der Waals surface area (Å²) in [5.41, 5.74) is 1.16. The van der Waals surface area contributed by atoms with Gasteiger partial charge in [0.25, 0.3) is 0 Å². The second kappa shape index (κ2) is 11.8. The van der Waals surface area contributed by atoms with Gasteiger partial charge in [-0.1, -0.05) is 97.1 Å². The van der Waals surface area contributed by atoms with Crippen LogP contribution in [0.5, 0.6) is 0 Å². The van der Waals surface area contributed by atoms with Gasteiger partial charge in [0.15, 0.2) is 0 Å². The van der Waals surface area contributed by atoms with Gasteiger partial charge in [-0.3, -0.25) is 4.98 Å². The molecule has 1 aromatic heterocycles. The molecule has 0 aliphatic carbocycles. The zero-order chi connectivity index (χ0) is 22.6. The van der Waals surface area contributed by atoms with Gasteiger partial charge >= 0.3 is 0 Å². The van der Waals surface area contributed by atoms with Gasteiger partial charge in [0.05, 0.1) is 5.60 Å². The molecule has 0 atom stereocenters. The smallest absolute Gasteiger partial charge is 0.112 e. The summed E-state index contributed by atoms with van der Waals surface area (Å²) in [6.07, 6.45) is 3.50. The van der Waals surface area contributed by atoms with E-state index in [1.165, 1.54) is 0 Å². The summed E-state index contributed by atoms with van der Waals surface area (Å²) in [5, 5.41) is 19.9. The molecule has 0 saturated carbocycles. The Kier molecular flexibility index (Phi) is 9.13. The molecular formula is C28H31NO2. The number of pyridine rings is 1. The number of hydrogen-bond acceptors (Lipinski definition) is 3. The van der Waals surface area contributed by atoms with E-state index in [1.54, 1.807) is 26.2 Å². The molecular weight excluding hydrogens is 382 g/mol. The van der Waals surface area contributed by atoms with Crippen molar-refractivity contribution < 1.29 is 10.2 Å². The zero-order valence-electron chi connectivity index (χ0n) is 18.4. The highest BCUT2D eigenvalue weighted by Crippen LogP contribution is 2.28. The summed E-state index contributed by atoms with van der Waals surface area (Å²) >= 11 is 0. The van der Waals surface area contributed by atoms with Crippen LogP contribution in [0.4, 0.5) is 0 Å². The van der Waals surface area contributed by atoms with Crippen LogP contribution in [0, 0.1) is 0 Å². The molecule has 0 unspecified atom stereocenters. The number of nitrogens with zero attached hydrogens (tertiary/aromatic N) is 1.